The molecule has 1 rings (SSSR count). The Hall–Kier alpha value is -2.02. The second-order valence-corrected chi connectivity index (χ2v) is 4.15. The molecular formula is C13H17N3O. The molecule has 4 nitrogen and oxygen atoms in total. The third-order valence-electron chi connectivity index (χ3n) is 2.78. The molecule has 1 amide bonds. The van der Waals surface area contributed by atoms with Crippen molar-refractivity contribution in [3.05, 3.63) is 29.8 Å². The number of amides is 1. The molecule has 1 aromatic rings. The van der Waals surface area contributed by atoms with E-state index in [-0.39, 0.29) is 11.9 Å². The first-order valence-corrected chi connectivity index (χ1v) is 5.42. The quantitative estimate of drug-likeness (QED) is 0.791. The normalized spacial score (nSPS) is 11.5. The maximum Gasteiger partial charge on any atom is 0.244 e. The molecule has 1 atom stereocenters. The van der Waals surface area contributed by atoms with Crippen LogP contribution in [0.4, 0.5) is 5.69 Å². The van der Waals surface area contributed by atoms with Crippen molar-refractivity contribution in [1.82, 2.24) is 4.90 Å². The lowest BCUT2D eigenvalue weighted by Crippen LogP contribution is -2.43. The van der Waals surface area contributed by atoms with Crippen LogP contribution in [0.15, 0.2) is 24.3 Å². The van der Waals surface area contributed by atoms with Crippen molar-refractivity contribution in [2.45, 2.75) is 13.0 Å². The summed E-state index contributed by atoms with van der Waals surface area (Å²) in [5.74, 6) is 0.0141. The van der Waals surface area contributed by atoms with Gasteiger partial charge in [0.25, 0.3) is 0 Å². The molecule has 0 aliphatic rings. The van der Waals surface area contributed by atoms with Crippen LogP contribution in [-0.4, -0.2) is 38.0 Å². The van der Waals surface area contributed by atoms with E-state index >= 15 is 0 Å². The van der Waals surface area contributed by atoms with Crippen LogP contribution in [0.25, 0.3) is 0 Å². The zero-order valence-corrected chi connectivity index (χ0v) is 10.6. The summed E-state index contributed by atoms with van der Waals surface area (Å²) in [7, 11) is 5.27. The van der Waals surface area contributed by atoms with Crippen LogP contribution in [-0.2, 0) is 4.79 Å². The van der Waals surface area contributed by atoms with Gasteiger partial charge in [0.1, 0.15) is 12.1 Å². The molecule has 0 spiro atoms. The summed E-state index contributed by atoms with van der Waals surface area (Å²) in [6.07, 6.45) is 0. The third-order valence-corrected chi connectivity index (χ3v) is 2.78. The molecule has 0 N–H and O–H groups in total. The molecule has 0 saturated heterocycles. The lowest BCUT2D eigenvalue weighted by atomic mass is 10.1. The average Bonchev–Trinajstić information content (AvgIpc) is 2.35. The molecule has 17 heavy (non-hydrogen) atoms. The first-order valence-electron chi connectivity index (χ1n) is 5.42. The zero-order valence-electron chi connectivity index (χ0n) is 10.6. The van der Waals surface area contributed by atoms with Gasteiger partial charge in [-0.05, 0) is 19.1 Å². The second-order valence-electron chi connectivity index (χ2n) is 4.15. The summed E-state index contributed by atoms with van der Waals surface area (Å²) in [5, 5.41) is 9.02. The number of nitrogens with zero attached hydrogens (tertiary/aromatic N) is 3. The van der Waals surface area contributed by atoms with Gasteiger partial charge in [-0.25, -0.2) is 0 Å². The molecule has 90 valence electrons. The van der Waals surface area contributed by atoms with Crippen LogP contribution in [0, 0.1) is 11.3 Å². The van der Waals surface area contributed by atoms with E-state index in [9.17, 15) is 4.79 Å². The lowest BCUT2D eigenvalue weighted by molar-refractivity contribution is -0.129. The van der Waals surface area contributed by atoms with Crippen LogP contribution >= 0.6 is 0 Å². The second kappa shape index (κ2) is 5.35. The molecule has 0 radical (unpaired) electrons. The Morgan fingerprint density at radius 3 is 2.41 bits per heavy atom. The maximum atomic E-state index is 11.9. The van der Waals surface area contributed by atoms with Gasteiger partial charge in [0.05, 0.1) is 11.3 Å². The summed E-state index contributed by atoms with van der Waals surface area (Å²) in [5.41, 5.74) is 1.35. The van der Waals surface area contributed by atoms with Gasteiger partial charge in [-0.15, -0.1) is 0 Å². The van der Waals surface area contributed by atoms with Crippen molar-refractivity contribution in [2.24, 2.45) is 0 Å². The molecule has 4 heteroatoms. The highest BCUT2D eigenvalue weighted by Crippen LogP contribution is 2.20. The molecule has 0 bridgehead atoms. The smallest absolute Gasteiger partial charge is 0.244 e. The van der Waals surface area contributed by atoms with Gasteiger partial charge in [-0.1, -0.05) is 12.1 Å². The van der Waals surface area contributed by atoms with E-state index in [1.165, 1.54) is 0 Å². The number of likely N-dealkylation sites (N-methyl/N-ethyl adjacent to an activating group) is 2. The van der Waals surface area contributed by atoms with Crippen molar-refractivity contribution in [3.63, 3.8) is 0 Å². The third kappa shape index (κ3) is 2.76. The zero-order chi connectivity index (χ0) is 13.0. The van der Waals surface area contributed by atoms with Crippen LogP contribution in [0.3, 0.4) is 0 Å². The number of carbonyl (C=O) groups excluding carboxylic acids is 1. The number of nitriles is 1. The summed E-state index contributed by atoms with van der Waals surface area (Å²) < 4.78 is 0. The fourth-order valence-corrected chi connectivity index (χ4v) is 1.62. The van der Waals surface area contributed by atoms with Crippen LogP contribution in [0.2, 0.25) is 0 Å². The van der Waals surface area contributed by atoms with E-state index in [2.05, 4.69) is 6.07 Å². The van der Waals surface area contributed by atoms with Gasteiger partial charge < -0.3 is 9.80 Å². The molecular weight excluding hydrogens is 214 g/mol. The van der Waals surface area contributed by atoms with Gasteiger partial charge in [0, 0.05) is 21.1 Å². The maximum absolute atomic E-state index is 11.9. The standard InChI is InChI=1S/C13H17N3O/c1-10(13(17)15(2)3)16(4)12-8-6-5-7-11(12)9-14/h5-8,10H,1-4H3. The van der Waals surface area contributed by atoms with Gasteiger partial charge >= 0.3 is 0 Å². The predicted octanol–water partition coefficient (Wildman–Crippen LogP) is 1.47. The van der Waals surface area contributed by atoms with E-state index in [1.807, 2.05) is 37.1 Å². The van der Waals surface area contributed by atoms with Gasteiger partial charge in [-0.3, -0.25) is 4.79 Å². The molecule has 0 saturated carbocycles. The van der Waals surface area contributed by atoms with Crippen molar-refractivity contribution in [2.75, 3.05) is 26.0 Å². The summed E-state index contributed by atoms with van der Waals surface area (Å²) in [6, 6.07) is 9.11. The topological polar surface area (TPSA) is 47.3 Å². The summed E-state index contributed by atoms with van der Waals surface area (Å²) in [4.78, 5) is 15.2. The van der Waals surface area contributed by atoms with Crippen LogP contribution < -0.4 is 4.90 Å². The minimum atomic E-state index is -0.292. The molecule has 0 fully saturated rings. The number of benzene rings is 1. The van der Waals surface area contributed by atoms with Crippen molar-refractivity contribution >= 4 is 11.6 Å². The minimum Gasteiger partial charge on any atom is -0.362 e. The Labute approximate surface area is 102 Å². The molecule has 1 aromatic carbocycles. The Morgan fingerprint density at radius 2 is 1.88 bits per heavy atom. The fourth-order valence-electron chi connectivity index (χ4n) is 1.62. The van der Waals surface area contributed by atoms with Crippen molar-refractivity contribution in [1.29, 1.82) is 5.26 Å². The molecule has 1 unspecified atom stereocenters. The molecule has 0 aliphatic carbocycles. The van der Waals surface area contributed by atoms with E-state index in [0.717, 1.165) is 5.69 Å². The SMILES string of the molecule is CC(C(=O)N(C)C)N(C)c1ccccc1C#N. The lowest BCUT2D eigenvalue weighted by Gasteiger charge is -2.28. The number of rotatable bonds is 3. The van der Waals surface area contributed by atoms with Crippen LogP contribution in [0.5, 0.6) is 0 Å². The number of para-hydroxylation sites is 1. The summed E-state index contributed by atoms with van der Waals surface area (Å²) in [6.45, 7) is 1.83. The van der Waals surface area contributed by atoms with E-state index in [4.69, 9.17) is 5.26 Å². The van der Waals surface area contributed by atoms with Gasteiger partial charge in [0.2, 0.25) is 5.91 Å². The number of hydrogen-bond donors (Lipinski definition) is 0. The Kier molecular flexibility index (Phi) is 4.11. The fraction of sp³-hybridized carbons (Fsp3) is 0.385. The van der Waals surface area contributed by atoms with Crippen molar-refractivity contribution < 1.29 is 4.79 Å². The first kappa shape index (κ1) is 13.0. The van der Waals surface area contributed by atoms with E-state index in [0.29, 0.717) is 5.56 Å². The molecule has 0 heterocycles. The number of anilines is 1. The van der Waals surface area contributed by atoms with E-state index in [1.54, 1.807) is 25.1 Å². The highest BCUT2D eigenvalue weighted by Gasteiger charge is 2.21. The Bertz CT molecular complexity index is 448. The van der Waals surface area contributed by atoms with Crippen LogP contribution in [0.1, 0.15) is 12.5 Å². The first-order chi connectivity index (χ1) is 7.99. The van der Waals surface area contributed by atoms with Crippen molar-refractivity contribution in [3.8, 4) is 6.07 Å². The average molecular weight is 231 g/mol. The van der Waals surface area contributed by atoms with Gasteiger partial charge in [-0.2, -0.15) is 5.26 Å². The predicted molar refractivity (Wildman–Crippen MR) is 67.7 cm³/mol. The molecule has 0 aromatic heterocycles. The highest BCUT2D eigenvalue weighted by molar-refractivity contribution is 5.84. The Morgan fingerprint density at radius 1 is 1.29 bits per heavy atom. The number of hydrogen-bond acceptors (Lipinski definition) is 3. The highest BCUT2D eigenvalue weighted by atomic mass is 16.2. The Balaban J connectivity index is 3.01. The monoisotopic (exact) mass is 231 g/mol. The number of carbonyl (C=O) groups is 1. The molecule has 0 aliphatic heterocycles. The van der Waals surface area contributed by atoms with Gasteiger partial charge in [0.15, 0.2) is 0 Å². The largest absolute Gasteiger partial charge is 0.362 e. The minimum absolute atomic E-state index is 0.0141. The summed E-state index contributed by atoms with van der Waals surface area (Å²) >= 11 is 0. The van der Waals surface area contributed by atoms with E-state index < -0.39 is 0 Å².